The van der Waals surface area contributed by atoms with Crippen molar-refractivity contribution in [3.63, 3.8) is 0 Å². The van der Waals surface area contributed by atoms with Gasteiger partial charge >= 0.3 is 0 Å². The summed E-state index contributed by atoms with van der Waals surface area (Å²) in [5.41, 5.74) is 5.68. The Morgan fingerprint density at radius 3 is 2.69 bits per heavy atom. The van der Waals surface area contributed by atoms with Crippen LogP contribution in [0.3, 0.4) is 0 Å². The summed E-state index contributed by atoms with van der Waals surface area (Å²) < 4.78 is 0.851. The first-order valence-corrected chi connectivity index (χ1v) is 5.37. The lowest BCUT2D eigenvalue weighted by molar-refractivity contribution is 0.626. The summed E-state index contributed by atoms with van der Waals surface area (Å²) in [6.45, 7) is 4.23. The van der Waals surface area contributed by atoms with Crippen LogP contribution in [0.15, 0.2) is 16.1 Å². The van der Waals surface area contributed by atoms with Crippen LogP contribution in [0.2, 0.25) is 0 Å². The van der Waals surface area contributed by atoms with Gasteiger partial charge in [0.25, 0.3) is 0 Å². The molecule has 1 aliphatic rings. The van der Waals surface area contributed by atoms with E-state index in [4.69, 9.17) is 5.73 Å². The van der Waals surface area contributed by atoms with Gasteiger partial charge in [-0.05, 0) is 12.8 Å². The average Bonchev–Trinajstić information content (AvgIpc) is 2.53. The van der Waals surface area contributed by atoms with Gasteiger partial charge in [-0.25, -0.2) is 4.99 Å². The van der Waals surface area contributed by atoms with Crippen LogP contribution in [0.25, 0.3) is 0 Å². The van der Waals surface area contributed by atoms with E-state index in [2.05, 4.69) is 32.8 Å². The normalized spacial score (nSPS) is 19.0. The molecule has 1 fully saturated rings. The van der Waals surface area contributed by atoms with Crippen LogP contribution in [-0.4, -0.2) is 18.5 Å². The molecule has 4 heteroatoms. The number of hydrogen-bond donors (Lipinski definition) is 2. The monoisotopic (exact) mass is 245 g/mol. The standard InChI is InChI=1S/C9H16BrN3/c1-7(10)6-12-9(11)13-8-4-2-3-5-8/h8H,1-6H2,(H3,11,12,13). The number of nitrogens with two attached hydrogens (primary N) is 1. The molecule has 0 spiro atoms. The quantitative estimate of drug-likeness (QED) is 0.588. The zero-order chi connectivity index (χ0) is 9.68. The third-order valence-corrected chi connectivity index (χ3v) is 2.38. The molecular weight excluding hydrogens is 230 g/mol. The minimum absolute atomic E-state index is 0.535. The zero-order valence-electron chi connectivity index (χ0n) is 7.72. The Hall–Kier alpha value is -0.510. The average molecular weight is 246 g/mol. The molecule has 1 rings (SSSR count). The Morgan fingerprint density at radius 1 is 1.54 bits per heavy atom. The highest BCUT2D eigenvalue weighted by atomic mass is 79.9. The maximum Gasteiger partial charge on any atom is 0.189 e. The molecule has 1 saturated carbocycles. The summed E-state index contributed by atoms with van der Waals surface area (Å²) in [5, 5.41) is 3.20. The number of rotatable bonds is 3. The lowest BCUT2D eigenvalue weighted by Crippen LogP contribution is -2.38. The highest BCUT2D eigenvalue weighted by molar-refractivity contribution is 9.11. The Morgan fingerprint density at radius 2 is 2.15 bits per heavy atom. The van der Waals surface area contributed by atoms with Crippen molar-refractivity contribution in [2.45, 2.75) is 31.7 Å². The SMILES string of the molecule is C=C(Br)CN=C(N)NC1CCCC1. The number of halogens is 1. The van der Waals surface area contributed by atoms with E-state index in [-0.39, 0.29) is 0 Å². The molecule has 0 amide bonds. The number of nitrogens with zero attached hydrogens (tertiary/aromatic N) is 1. The molecule has 0 heterocycles. The van der Waals surface area contributed by atoms with Crippen LogP contribution < -0.4 is 11.1 Å². The van der Waals surface area contributed by atoms with Crippen molar-refractivity contribution in [2.24, 2.45) is 10.7 Å². The van der Waals surface area contributed by atoms with Gasteiger partial charge in [0.2, 0.25) is 0 Å². The number of aliphatic imine (C=N–C) groups is 1. The second kappa shape index (κ2) is 5.27. The predicted molar refractivity (Wildman–Crippen MR) is 59.9 cm³/mol. The summed E-state index contributed by atoms with van der Waals surface area (Å²) in [6, 6.07) is 0.535. The second-order valence-corrected chi connectivity index (χ2v) is 4.47. The molecule has 0 aromatic carbocycles. The van der Waals surface area contributed by atoms with Gasteiger partial charge < -0.3 is 11.1 Å². The van der Waals surface area contributed by atoms with E-state index in [1.165, 1.54) is 25.7 Å². The van der Waals surface area contributed by atoms with Crippen molar-refractivity contribution >= 4 is 21.9 Å². The third-order valence-electron chi connectivity index (χ3n) is 2.13. The summed E-state index contributed by atoms with van der Waals surface area (Å²) in [5.74, 6) is 0.535. The van der Waals surface area contributed by atoms with Crippen LogP contribution >= 0.6 is 15.9 Å². The van der Waals surface area contributed by atoms with Gasteiger partial charge in [-0.3, -0.25) is 0 Å². The summed E-state index contributed by atoms with van der Waals surface area (Å²) in [7, 11) is 0. The molecule has 3 N–H and O–H groups in total. The second-order valence-electron chi connectivity index (χ2n) is 3.34. The summed E-state index contributed by atoms with van der Waals surface area (Å²) in [4.78, 5) is 4.12. The van der Waals surface area contributed by atoms with Crippen LogP contribution in [0.5, 0.6) is 0 Å². The topological polar surface area (TPSA) is 50.4 Å². The first-order chi connectivity index (χ1) is 6.18. The molecule has 0 aromatic rings. The Labute approximate surface area is 87.6 Å². The van der Waals surface area contributed by atoms with Crippen molar-refractivity contribution in [3.05, 3.63) is 11.1 Å². The molecular formula is C9H16BrN3. The van der Waals surface area contributed by atoms with Gasteiger partial charge in [0.05, 0.1) is 6.54 Å². The fraction of sp³-hybridized carbons (Fsp3) is 0.667. The van der Waals surface area contributed by atoms with Crippen LogP contribution in [-0.2, 0) is 0 Å². The van der Waals surface area contributed by atoms with Gasteiger partial charge in [0.1, 0.15) is 0 Å². The predicted octanol–water partition coefficient (Wildman–Crippen LogP) is 1.74. The van der Waals surface area contributed by atoms with E-state index in [1.807, 2.05) is 0 Å². The van der Waals surface area contributed by atoms with Gasteiger partial charge in [-0.1, -0.05) is 35.4 Å². The van der Waals surface area contributed by atoms with Crippen molar-refractivity contribution in [1.29, 1.82) is 0 Å². The van der Waals surface area contributed by atoms with Gasteiger partial charge in [-0.15, -0.1) is 0 Å². The van der Waals surface area contributed by atoms with E-state index >= 15 is 0 Å². The Kier molecular flexibility index (Phi) is 4.28. The van der Waals surface area contributed by atoms with Crippen molar-refractivity contribution < 1.29 is 0 Å². The smallest absolute Gasteiger partial charge is 0.189 e. The minimum Gasteiger partial charge on any atom is -0.370 e. The lowest BCUT2D eigenvalue weighted by Gasteiger charge is -2.11. The first kappa shape index (κ1) is 10.6. The molecule has 0 atom stereocenters. The fourth-order valence-corrected chi connectivity index (χ4v) is 1.62. The Bertz CT molecular complexity index is 207. The van der Waals surface area contributed by atoms with Gasteiger partial charge in [0, 0.05) is 10.5 Å². The van der Waals surface area contributed by atoms with Gasteiger partial charge in [0.15, 0.2) is 5.96 Å². The van der Waals surface area contributed by atoms with E-state index in [0.29, 0.717) is 18.5 Å². The molecule has 1 aliphatic carbocycles. The molecule has 3 nitrogen and oxygen atoms in total. The van der Waals surface area contributed by atoms with Crippen LogP contribution in [0.1, 0.15) is 25.7 Å². The maximum atomic E-state index is 5.68. The van der Waals surface area contributed by atoms with Crippen molar-refractivity contribution in [3.8, 4) is 0 Å². The van der Waals surface area contributed by atoms with E-state index in [1.54, 1.807) is 0 Å². The van der Waals surface area contributed by atoms with Crippen molar-refractivity contribution in [2.75, 3.05) is 6.54 Å². The molecule has 0 bridgehead atoms. The molecule has 74 valence electrons. The molecule has 0 aliphatic heterocycles. The molecule has 13 heavy (non-hydrogen) atoms. The zero-order valence-corrected chi connectivity index (χ0v) is 9.31. The fourth-order valence-electron chi connectivity index (χ4n) is 1.50. The third kappa shape index (κ3) is 4.31. The van der Waals surface area contributed by atoms with Crippen LogP contribution in [0.4, 0.5) is 0 Å². The maximum absolute atomic E-state index is 5.68. The van der Waals surface area contributed by atoms with E-state index in [9.17, 15) is 0 Å². The van der Waals surface area contributed by atoms with Crippen LogP contribution in [0, 0.1) is 0 Å². The molecule has 0 radical (unpaired) electrons. The first-order valence-electron chi connectivity index (χ1n) is 4.58. The van der Waals surface area contributed by atoms with Crippen molar-refractivity contribution in [1.82, 2.24) is 5.32 Å². The van der Waals surface area contributed by atoms with Gasteiger partial charge in [-0.2, -0.15) is 0 Å². The highest BCUT2D eigenvalue weighted by Gasteiger charge is 2.14. The highest BCUT2D eigenvalue weighted by Crippen LogP contribution is 2.17. The summed E-state index contributed by atoms with van der Waals surface area (Å²) >= 11 is 3.23. The number of nitrogens with one attached hydrogen (secondary N) is 1. The summed E-state index contributed by atoms with van der Waals surface area (Å²) in [6.07, 6.45) is 5.03. The van der Waals surface area contributed by atoms with E-state index < -0.39 is 0 Å². The lowest BCUT2D eigenvalue weighted by atomic mass is 10.2. The van der Waals surface area contributed by atoms with E-state index in [0.717, 1.165) is 4.48 Å². The molecule has 0 saturated heterocycles. The number of guanidine groups is 1. The minimum atomic E-state index is 0.535. The molecule has 0 aromatic heterocycles. The Balaban J connectivity index is 2.26. The number of hydrogen-bond acceptors (Lipinski definition) is 1. The largest absolute Gasteiger partial charge is 0.370 e. The molecule has 0 unspecified atom stereocenters.